The Hall–Kier alpha value is -1.79. The molecule has 0 radical (unpaired) electrons. The Morgan fingerprint density at radius 1 is 1.37 bits per heavy atom. The zero-order valence-corrected chi connectivity index (χ0v) is 9.88. The Balaban J connectivity index is 2.27. The Bertz CT molecular complexity index is 497. The number of para-hydroxylation sites is 1. The number of amides is 1. The van der Waals surface area contributed by atoms with Gasteiger partial charge in [-0.15, -0.1) is 0 Å². The van der Waals surface area contributed by atoms with Crippen molar-refractivity contribution in [3.8, 4) is 0 Å². The quantitative estimate of drug-likeness (QED) is 0.681. The van der Waals surface area contributed by atoms with E-state index in [4.69, 9.17) is 5.73 Å². The van der Waals surface area contributed by atoms with Gasteiger partial charge in [0.1, 0.15) is 12.4 Å². The van der Waals surface area contributed by atoms with Gasteiger partial charge in [0.15, 0.2) is 0 Å². The number of hydrogen-bond donors (Lipinski definition) is 1. The predicted octanol–water partition coefficient (Wildman–Crippen LogP) is 2.57. The third-order valence-corrected chi connectivity index (χ3v) is 2.88. The number of hydrogen-bond acceptors (Lipinski definition) is 2. The standard InChI is InChI=1S/C12H12F4N2O/c13-9-3-1-2-8(10(9)17)11(19)18(7-4-5-7)6-12(14,15)16/h1-3,7H,4-6,17H2. The zero-order valence-electron chi connectivity index (χ0n) is 9.88. The van der Waals surface area contributed by atoms with Crippen molar-refractivity contribution in [2.45, 2.75) is 25.1 Å². The first-order valence-electron chi connectivity index (χ1n) is 5.71. The number of nitrogens with two attached hydrogens (primary N) is 1. The van der Waals surface area contributed by atoms with Crippen molar-refractivity contribution in [3.63, 3.8) is 0 Å². The van der Waals surface area contributed by atoms with E-state index in [2.05, 4.69) is 0 Å². The SMILES string of the molecule is Nc1c(F)cccc1C(=O)N(CC(F)(F)F)C1CC1. The average molecular weight is 276 g/mol. The van der Waals surface area contributed by atoms with E-state index in [0.717, 1.165) is 6.07 Å². The van der Waals surface area contributed by atoms with Crippen LogP contribution in [-0.2, 0) is 0 Å². The normalized spacial score (nSPS) is 15.4. The molecule has 7 heteroatoms. The molecule has 19 heavy (non-hydrogen) atoms. The lowest BCUT2D eigenvalue weighted by atomic mass is 10.1. The van der Waals surface area contributed by atoms with Crippen LogP contribution in [0.5, 0.6) is 0 Å². The van der Waals surface area contributed by atoms with Gasteiger partial charge in [0.2, 0.25) is 0 Å². The van der Waals surface area contributed by atoms with Gasteiger partial charge in [-0.25, -0.2) is 4.39 Å². The first-order valence-corrected chi connectivity index (χ1v) is 5.71. The molecule has 104 valence electrons. The molecule has 1 amide bonds. The summed E-state index contributed by atoms with van der Waals surface area (Å²) >= 11 is 0. The van der Waals surface area contributed by atoms with Crippen LogP contribution in [0.3, 0.4) is 0 Å². The first-order chi connectivity index (χ1) is 8.79. The van der Waals surface area contributed by atoms with Crippen LogP contribution in [-0.4, -0.2) is 29.6 Å². The molecular formula is C12H12F4N2O. The summed E-state index contributed by atoms with van der Waals surface area (Å²) in [6.07, 6.45) is -3.44. The molecule has 0 atom stereocenters. The summed E-state index contributed by atoms with van der Waals surface area (Å²) in [5.74, 6) is -1.69. The van der Waals surface area contributed by atoms with Gasteiger partial charge in [0.05, 0.1) is 11.3 Å². The van der Waals surface area contributed by atoms with E-state index in [1.54, 1.807) is 0 Å². The topological polar surface area (TPSA) is 46.3 Å². The number of benzene rings is 1. The Kier molecular flexibility index (Phi) is 3.38. The van der Waals surface area contributed by atoms with Crippen molar-refractivity contribution in [1.29, 1.82) is 0 Å². The van der Waals surface area contributed by atoms with E-state index in [1.807, 2.05) is 0 Å². The number of anilines is 1. The smallest absolute Gasteiger partial charge is 0.396 e. The molecule has 1 aliphatic rings. The number of alkyl halides is 3. The molecule has 0 spiro atoms. The highest BCUT2D eigenvalue weighted by atomic mass is 19.4. The van der Waals surface area contributed by atoms with Crippen molar-refractivity contribution in [3.05, 3.63) is 29.6 Å². The molecule has 0 unspecified atom stereocenters. The molecule has 0 bridgehead atoms. The number of carbonyl (C=O) groups is 1. The highest BCUT2D eigenvalue weighted by Crippen LogP contribution is 2.32. The predicted molar refractivity (Wildman–Crippen MR) is 60.9 cm³/mol. The number of nitrogens with zero attached hydrogens (tertiary/aromatic N) is 1. The lowest BCUT2D eigenvalue weighted by Gasteiger charge is -2.24. The Morgan fingerprint density at radius 3 is 2.53 bits per heavy atom. The molecule has 1 aromatic carbocycles. The van der Waals surface area contributed by atoms with Crippen LogP contribution in [0.4, 0.5) is 23.2 Å². The molecule has 3 nitrogen and oxygen atoms in total. The summed E-state index contributed by atoms with van der Waals surface area (Å²) in [6, 6.07) is 3.10. The second-order valence-electron chi connectivity index (χ2n) is 4.48. The maximum absolute atomic E-state index is 13.2. The van der Waals surface area contributed by atoms with Crippen LogP contribution in [0.25, 0.3) is 0 Å². The third kappa shape index (κ3) is 3.15. The molecule has 1 aromatic rings. The third-order valence-electron chi connectivity index (χ3n) is 2.88. The molecule has 2 N–H and O–H groups in total. The fraction of sp³-hybridized carbons (Fsp3) is 0.417. The van der Waals surface area contributed by atoms with E-state index in [-0.39, 0.29) is 5.56 Å². The van der Waals surface area contributed by atoms with Crippen molar-refractivity contribution in [2.24, 2.45) is 0 Å². The minimum atomic E-state index is -4.49. The second kappa shape index (κ2) is 4.71. The highest BCUT2D eigenvalue weighted by Gasteiger charge is 2.41. The van der Waals surface area contributed by atoms with Crippen LogP contribution < -0.4 is 5.73 Å². The second-order valence-corrected chi connectivity index (χ2v) is 4.48. The molecule has 0 aliphatic heterocycles. The molecule has 0 aromatic heterocycles. The van der Waals surface area contributed by atoms with Gasteiger partial charge >= 0.3 is 6.18 Å². The minimum absolute atomic E-state index is 0.226. The maximum Gasteiger partial charge on any atom is 0.406 e. The van der Waals surface area contributed by atoms with Gasteiger partial charge < -0.3 is 10.6 Å². The van der Waals surface area contributed by atoms with Crippen LogP contribution in [0.1, 0.15) is 23.2 Å². The summed E-state index contributed by atoms with van der Waals surface area (Å²) < 4.78 is 50.6. The highest BCUT2D eigenvalue weighted by molar-refractivity contribution is 5.99. The monoisotopic (exact) mass is 276 g/mol. The van der Waals surface area contributed by atoms with Gasteiger partial charge in [0, 0.05) is 6.04 Å². The van der Waals surface area contributed by atoms with Crippen molar-refractivity contribution in [1.82, 2.24) is 4.90 Å². The van der Waals surface area contributed by atoms with E-state index in [0.29, 0.717) is 17.7 Å². The fourth-order valence-corrected chi connectivity index (χ4v) is 1.82. The van der Waals surface area contributed by atoms with Crippen LogP contribution in [0.15, 0.2) is 18.2 Å². The minimum Gasteiger partial charge on any atom is -0.396 e. The zero-order chi connectivity index (χ0) is 14.2. The summed E-state index contributed by atoms with van der Waals surface area (Å²) in [6.45, 7) is -1.34. The Morgan fingerprint density at radius 2 is 2.00 bits per heavy atom. The van der Waals surface area contributed by atoms with Crippen molar-refractivity contribution >= 4 is 11.6 Å². The van der Waals surface area contributed by atoms with Crippen LogP contribution >= 0.6 is 0 Å². The van der Waals surface area contributed by atoms with Crippen molar-refractivity contribution < 1.29 is 22.4 Å². The van der Waals surface area contributed by atoms with E-state index in [1.165, 1.54) is 12.1 Å². The van der Waals surface area contributed by atoms with Gasteiger partial charge in [-0.1, -0.05) is 6.07 Å². The molecule has 2 rings (SSSR count). The lowest BCUT2D eigenvalue weighted by Crippen LogP contribution is -2.40. The van der Waals surface area contributed by atoms with E-state index < -0.39 is 36.2 Å². The first kappa shape index (κ1) is 13.6. The molecule has 0 saturated heterocycles. The number of carbonyl (C=O) groups excluding carboxylic acids is 1. The van der Waals surface area contributed by atoms with E-state index in [9.17, 15) is 22.4 Å². The molecule has 1 fully saturated rings. The maximum atomic E-state index is 13.2. The molecule has 1 aliphatic carbocycles. The van der Waals surface area contributed by atoms with E-state index >= 15 is 0 Å². The summed E-state index contributed by atoms with van der Waals surface area (Å²) in [4.78, 5) is 12.8. The number of halogens is 4. The largest absolute Gasteiger partial charge is 0.406 e. The van der Waals surface area contributed by atoms with Crippen molar-refractivity contribution in [2.75, 3.05) is 12.3 Å². The molecule has 1 saturated carbocycles. The molecule has 0 heterocycles. The summed E-state index contributed by atoms with van der Waals surface area (Å²) in [5, 5.41) is 0. The van der Waals surface area contributed by atoms with Gasteiger partial charge in [0.25, 0.3) is 5.91 Å². The van der Waals surface area contributed by atoms with Gasteiger partial charge in [-0.3, -0.25) is 4.79 Å². The lowest BCUT2D eigenvalue weighted by molar-refractivity contribution is -0.141. The summed E-state index contributed by atoms with van der Waals surface area (Å²) in [7, 11) is 0. The number of nitrogen functional groups attached to an aromatic ring is 1. The van der Waals surface area contributed by atoms with Crippen LogP contribution in [0, 0.1) is 5.82 Å². The molecular weight excluding hydrogens is 264 g/mol. The fourth-order valence-electron chi connectivity index (χ4n) is 1.82. The van der Waals surface area contributed by atoms with Crippen LogP contribution in [0.2, 0.25) is 0 Å². The van der Waals surface area contributed by atoms with Gasteiger partial charge in [-0.05, 0) is 25.0 Å². The van der Waals surface area contributed by atoms with Gasteiger partial charge in [-0.2, -0.15) is 13.2 Å². The Labute approximate surface area is 107 Å². The number of rotatable bonds is 3. The average Bonchev–Trinajstić information content (AvgIpc) is 3.12. The summed E-state index contributed by atoms with van der Waals surface area (Å²) in [5.41, 5.74) is 4.76.